The topological polar surface area (TPSA) is 67.4 Å². The van der Waals surface area contributed by atoms with Crippen LogP contribution in [0.5, 0.6) is 5.75 Å². The summed E-state index contributed by atoms with van der Waals surface area (Å²) in [5.41, 5.74) is 0.470. The van der Waals surface area contributed by atoms with Gasteiger partial charge in [0.15, 0.2) is 11.6 Å². The summed E-state index contributed by atoms with van der Waals surface area (Å²) in [6.07, 6.45) is -4.73. The standard InChI is InChI=1S/C18H17F5N4O2/c1-10(28)26-14-4-5-27(8-13(14)20)17-7-15(24-9-25-17)11-2-3-16(12(19)6-11)29-18(21,22)23/h2-3,6-7,9,13-14H,4-5,8H2,1H3,(H,26,28)/t13-,14+/m0/s1. The summed E-state index contributed by atoms with van der Waals surface area (Å²) < 4.78 is 68.7. The summed E-state index contributed by atoms with van der Waals surface area (Å²) in [5, 5.41) is 2.56. The molecule has 156 valence electrons. The number of nitrogens with one attached hydrogen (secondary N) is 1. The lowest BCUT2D eigenvalue weighted by Crippen LogP contribution is -2.52. The number of alkyl halides is 4. The number of hydrogen-bond donors (Lipinski definition) is 1. The normalized spacial score (nSPS) is 19.7. The molecule has 0 spiro atoms. The molecule has 0 bridgehead atoms. The Labute approximate surface area is 162 Å². The molecule has 1 aromatic carbocycles. The number of piperidine rings is 1. The van der Waals surface area contributed by atoms with E-state index in [0.29, 0.717) is 18.8 Å². The minimum atomic E-state index is -5.00. The quantitative estimate of drug-likeness (QED) is 0.776. The fourth-order valence-electron chi connectivity index (χ4n) is 3.08. The van der Waals surface area contributed by atoms with Crippen molar-refractivity contribution in [3.8, 4) is 17.0 Å². The maximum atomic E-state index is 14.3. The SMILES string of the molecule is CC(=O)N[C@@H]1CCN(c2cc(-c3ccc(OC(F)(F)F)c(F)c3)ncn2)C[C@@H]1F. The van der Waals surface area contributed by atoms with E-state index in [4.69, 9.17) is 0 Å². The third kappa shape index (κ3) is 5.30. The predicted molar refractivity (Wildman–Crippen MR) is 93.4 cm³/mol. The van der Waals surface area contributed by atoms with Crippen molar-refractivity contribution in [3.63, 3.8) is 0 Å². The maximum absolute atomic E-state index is 14.3. The predicted octanol–water partition coefficient (Wildman–Crippen LogP) is 3.23. The summed E-state index contributed by atoms with van der Waals surface area (Å²) >= 11 is 0. The zero-order chi connectivity index (χ0) is 21.2. The number of carbonyl (C=O) groups is 1. The molecule has 0 saturated carbocycles. The molecule has 0 aliphatic carbocycles. The summed E-state index contributed by atoms with van der Waals surface area (Å²) in [5.74, 6) is -2.07. The first-order valence-corrected chi connectivity index (χ1v) is 8.66. The Morgan fingerprint density at radius 1 is 1.28 bits per heavy atom. The molecular weight excluding hydrogens is 399 g/mol. The Morgan fingerprint density at radius 3 is 2.66 bits per heavy atom. The van der Waals surface area contributed by atoms with Gasteiger partial charge in [0.2, 0.25) is 5.91 Å². The van der Waals surface area contributed by atoms with Crippen molar-refractivity contribution in [2.45, 2.75) is 31.9 Å². The molecule has 1 amide bonds. The lowest BCUT2D eigenvalue weighted by molar-refractivity contribution is -0.275. The lowest BCUT2D eigenvalue weighted by Gasteiger charge is -2.35. The van der Waals surface area contributed by atoms with Crippen molar-refractivity contribution < 1.29 is 31.5 Å². The van der Waals surface area contributed by atoms with E-state index in [9.17, 15) is 26.7 Å². The van der Waals surface area contributed by atoms with E-state index in [2.05, 4.69) is 20.0 Å². The second-order valence-corrected chi connectivity index (χ2v) is 6.51. The van der Waals surface area contributed by atoms with Crippen LogP contribution >= 0.6 is 0 Å². The smallest absolute Gasteiger partial charge is 0.403 e. The van der Waals surface area contributed by atoms with Gasteiger partial charge >= 0.3 is 6.36 Å². The maximum Gasteiger partial charge on any atom is 0.573 e. The van der Waals surface area contributed by atoms with E-state index >= 15 is 0 Å². The molecule has 1 saturated heterocycles. The number of hydrogen-bond acceptors (Lipinski definition) is 5. The van der Waals surface area contributed by atoms with Crippen LogP contribution in [0.1, 0.15) is 13.3 Å². The number of halogens is 5. The molecule has 1 aromatic heterocycles. The largest absolute Gasteiger partial charge is 0.573 e. The van der Waals surface area contributed by atoms with Crippen LogP contribution in [0.15, 0.2) is 30.6 Å². The van der Waals surface area contributed by atoms with Crippen LogP contribution in [-0.4, -0.2) is 47.5 Å². The Balaban J connectivity index is 1.77. The van der Waals surface area contributed by atoms with Crippen LogP contribution in [-0.2, 0) is 4.79 Å². The van der Waals surface area contributed by atoms with Gasteiger partial charge in [0.05, 0.1) is 18.3 Å². The van der Waals surface area contributed by atoms with Crippen LogP contribution in [0.4, 0.5) is 27.8 Å². The molecule has 11 heteroatoms. The second kappa shape index (κ2) is 8.18. The Bertz CT molecular complexity index is 893. The summed E-state index contributed by atoms with van der Waals surface area (Å²) in [6, 6.07) is 3.87. The van der Waals surface area contributed by atoms with Gasteiger partial charge in [-0.15, -0.1) is 13.2 Å². The van der Waals surface area contributed by atoms with Crippen molar-refractivity contribution in [1.82, 2.24) is 15.3 Å². The number of aromatic nitrogens is 2. The van der Waals surface area contributed by atoms with Crippen molar-refractivity contribution in [2.24, 2.45) is 0 Å². The second-order valence-electron chi connectivity index (χ2n) is 6.51. The van der Waals surface area contributed by atoms with Gasteiger partial charge < -0.3 is 15.0 Å². The van der Waals surface area contributed by atoms with E-state index in [0.717, 1.165) is 12.1 Å². The van der Waals surface area contributed by atoms with Gasteiger partial charge in [-0.2, -0.15) is 0 Å². The first-order valence-electron chi connectivity index (χ1n) is 8.66. The van der Waals surface area contributed by atoms with Crippen LogP contribution in [0, 0.1) is 5.82 Å². The van der Waals surface area contributed by atoms with Crippen molar-refractivity contribution in [1.29, 1.82) is 0 Å². The van der Waals surface area contributed by atoms with E-state index < -0.39 is 30.1 Å². The average Bonchev–Trinajstić information content (AvgIpc) is 2.64. The summed E-state index contributed by atoms with van der Waals surface area (Å²) in [6.45, 7) is 1.74. The van der Waals surface area contributed by atoms with Gasteiger partial charge in [0, 0.05) is 25.1 Å². The van der Waals surface area contributed by atoms with E-state index in [1.807, 2.05) is 0 Å². The molecule has 2 heterocycles. The number of ether oxygens (including phenoxy) is 1. The molecule has 29 heavy (non-hydrogen) atoms. The third-order valence-electron chi connectivity index (χ3n) is 4.36. The van der Waals surface area contributed by atoms with Gasteiger partial charge in [-0.1, -0.05) is 0 Å². The molecule has 2 aromatic rings. The zero-order valence-electron chi connectivity index (χ0n) is 15.2. The molecule has 2 atom stereocenters. The van der Waals surface area contributed by atoms with E-state index in [1.54, 1.807) is 4.90 Å². The molecule has 1 aliphatic rings. The monoisotopic (exact) mass is 416 g/mol. The van der Waals surface area contributed by atoms with Crippen LogP contribution in [0.25, 0.3) is 11.3 Å². The molecule has 0 radical (unpaired) electrons. The third-order valence-corrected chi connectivity index (χ3v) is 4.36. The molecule has 1 N–H and O–H groups in total. The number of carbonyl (C=O) groups excluding carboxylic acids is 1. The fraction of sp³-hybridized carbons (Fsp3) is 0.389. The van der Waals surface area contributed by atoms with Gasteiger partial charge in [-0.05, 0) is 24.6 Å². The zero-order valence-corrected chi connectivity index (χ0v) is 15.2. The fourth-order valence-corrected chi connectivity index (χ4v) is 3.08. The molecule has 6 nitrogen and oxygen atoms in total. The molecule has 3 rings (SSSR count). The van der Waals surface area contributed by atoms with Crippen LogP contribution < -0.4 is 15.0 Å². The highest BCUT2D eigenvalue weighted by Gasteiger charge is 2.33. The van der Waals surface area contributed by atoms with E-state index in [1.165, 1.54) is 25.4 Å². The van der Waals surface area contributed by atoms with Crippen molar-refractivity contribution >= 4 is 11.7 Å². The van der Waals surface area contributed by atoms with Gasteiger partial charge in [0.25, 0.3) is 0 Å². The molecule has 1 fully saturated rings. The highest BCUT2D eigenvalue weighted by molar-refractivity contribution is 5.73. The van der Waals surface area contributed by atoms with Crippen LogP contribution in [0.3, 0.4) is 0 Å². The molecular formula is C18H17F5N4O2. The average molecular weight is 416 g/mol. The Kier molecular flexibility index (Phi) is 5.85. The first kappa shape index (κ1) is 20.7. The number of nitrogens with zero attached hydrogens (tertiary/aromatic N) is 3. The van der Waals surface area contributed by atoms with Gasteiger partial charge in [0.1, 0.15) is 18.3 Å². The Morgan fingerprint density at radius 2 is 2.03 bits per heavy atom. The summed E-state index contributed by atoms with van der Waals surface area (Å²) in [7, 11) is 0. The van der Waals surface area contributed by atoms with E-state index in [-0.39, 0.29) is 23.7 Å². The first-order chi connectivity index (χ1) is 13.6. The minimum Gasteiger partial charge on any atom is -0.403 e. The summed E-state index contributed by atoms with van der Waals surface area (Å²) in [4.78, 5) is 20.9. The Hall–Kier alpha value is -2.98. The number of rotatable bonds is 4. The number of anilines is 1. The highest BCUT2D eigenvalue weighted by atomic mass is 19.4. The lowest BCUT2D eigenvalue weighted by atomic mass is 10.0. The van der Waals surface area contributed by atoms with Crippen molar-refractivity contribution in [2.75, 3.05) is 18.0 Å². The molecule has 0 unspecified atom stereocenters. The number of amides is 1. The molecule has 1 aliphatic heterocycles. The van der Waals surface area contributed by atoms with Crippen LogP contribution in [0.2, 0.25) is 0 Å². The van der Waals surface area contributed by atoms with Crippen molar-refractivity contribution in [3.05, 3.63) is 36.4 Å². The number of benzene rings is 1. The highest BCUT2D eigenvalue weighted by Crippen LogP contribution is 2.30. The minimum absolute atomic E-state index is 0.00583. The van der Waals surface area contributed by atoms with Gasteiger partial charge in [-0.25, -0.2) is 18.7 Å². The van der Waals surface area contributed by atoms with Gasteiger partial charge in [-0.3, -0.25) is 4.79 Å².